The summed E-state index contributed by atoms with van der Waals surface area (Å²) in [6.45, 7) is 0.298. The van der Waals surface area contributed by atoms with E-state index in [1.54, 1.807) is 0 Å². The van der Waals surface area contributed by atoms with Crippen LogP contribution in [0.15, 0.2) is 36.5 Å². The predicted molar refractivity (Wildman–Crippen MR) is 74.5 cm³/mol. The number of methoxy groups -OCH3 is 1. The molecule has 21 heavy (non-hydrogen) atoms. The topological polar surface area (TPSA) is 86.1 Å². The number of rotatable bonds is 7. The van der Waals surface area contributed by atoms with Gasteiger partial charge in [-0.05, 0) is 5.56 Å². The molecule has 0 radical (unpaired) electrons. The molecular weight excluding hydrogens is 272 g/mol. The van der Waals surface area contributed by atoms with Gasteiger partial charge in [0.05, 0.1) is 6.20 Å². The van der Waals surface area contributed by atoms with Crippen LogP contribution in [0.1, 0.15) is 16.1 Å². The second kappa shape index (κ2) is 7.30. The molecule has 0 aliphatic carbocycles. The van der Waals surface area contributed by atoms with Crippen molar-refractivity contribution in [2.75, 3.05) is 13.7 Å². The van der Waals surface area contributed by atoms with Crippen LogP contribution in [0.3, 0.4) is 0 Å². The molecule has 1 aromatic heterocycles. The Labute approximate surface area is 121 Å². The van der Waals surface area contributed by atoms with Gasteiger partial charge < -0.3 is 10.1 Å². The van der Waals surface area contributed by atoms with E-state index >= 15 is 0 Å². The molecule has 1 aromatic carbocycles. The highest BCUT2D eigenvalue weighted by Gasteiger charge is 2.15. The number of Topliss-reactive ketones (excluding diaryl/α,β-unsaturated/α-hetero) is 1. The van der Waals surface area contributed by atoms with E-state index in [1.807, 2.05) is 30.3 Å². The first kappa shape index (κ1) is 14.9. The van der Waals surface area contributed by atoms with E-state index in [-0.39, 0.29) is 30.5 Å². The van der Waals surface area contributed by atoms with Gasteiger partial charge in [-0.15, -0.1) is 5.10 Å². The Morgan fingerprint density at radius 2 is 2.05 bits per heavy atom. The summed E-state index contributed by atoms with van der Waals surface area (Å²) < 4.78 is 6.04. The monoisotopic (exact) mass is 288 g/mol. The van der Waals surface area contributed by atoms with Gasteiger partial charge in [-0.1, -0.05) is 35.5 Å². The first-order chi connectivity index (χ1) is 10.2. The Balaban J connectivity index is 1.91. The van der Waals surface area contributed by atoms with E-state index in [1.165, 1.54) is 18.0 Å². The lowest BCUT2D eigenvalue weighted by molar-refractivity contribution is -0.122. The van der Waals surface area contributed by atoms with Gasteiger partial charge >= 0.3 is 0 Å². The number of benzene rings is 1. The molecule has 7 heteroatoms. The lowest BCUT2D eigenvalue weighted by atomic mass is 10.2. The fraction of sp³-hybridized carbons (Fsp3) is 0.286. The number of nitrogens with zero attached hydrogens (tertiary/aromatic N) is 3. The van der Waals surface area contributed by atoms with Gasteiger partial charge in [0, 0.05) is 13.7 Å². The highest BCUT2D eigenvalue weighted by molar-refractivity contribution is 5.95. The van der Waals surface area contributed by atoms with E-state index in [0.717, 1.165) is 5.56 Å². The van der Waals surface area contributed by atoms with Crippen LogP contribution in [-0.2, 0) is 22.6 Å². The minimum atomic E-state index is -0.265. The summed E-state index contributed by atoms with van der Waals surface area (Å²) in [6.07, 6.45) is 1.33. The standard InChI is InChI=1S/C14H16N4O3/c1-21-10-13(19)12-8-16-17-18(12)9-14(20)15-7-11-5-3-2-4-6-11/h2-6,8H,7,9-10H2,1H3,(H,15,20). The number of carbonyl (C=O) groups excluding carboxylic acids is 2. The number of ether oxygens (including phenoxy) is 1. The maximum absolute atomic E-state index is 11.9. The van der Waals surface area contributed by atoms with Crippen molar-refractivity contribution in [2.45, 2.75) is 13.1 Å². The first-order valence-electron chi connectivity index (χ1n) is 6.42. The lowest BCUT2D eigenvalue weighted by Gasteiger charge is -2.07. The summed E-state index contributed by atoms with van der Waals surface area (Å²) in [5, 5.41) is 10.2. The zero-order chi connectivity index (χ0) is 15.1. The lowest BCUT2D eigenvalue weighted by Crippen LogP contribution is -2.29. The van der Waals surface area contributed by atoms with Crippen LogP contribution in [0.25, 0.3) is 0 Å². The van der Waals surface area contributed by atoms with Crippen molar-refractivity contribution in [3.05, 3.63) is 47.8 Å². The molecule has 1 heterocycles. The average Bonchev–Trinajstić information content (AvgIpc) is 2.95. The minimum absolute atomic E-state index is 0.0579. The van der Waals surface area contributed by atoms with Crippen LogP contribution in [0.4, 0.5) is 0 Å². The Bertz CT molecular complexity index is 610. The number of nitrogens with one attached hydrogen (secondary N) is 1. The number of hydrogen-bond acceptors (Lipinski definition) is 5. The van der Waals surface area contributed by atoms with Gasteiger partial charge in [0.1, 0.15) is 18.8 Å². The van der Waals surface area contributed by atoms with E-state index < -0.39 is 0 Å². The second-order valence-electron chi connectivity index (χ2n) is 4.40. The Kier molecular flexibility index (Phi) is 5.16. The molecule has 0 aliphatic heterocycles. The normalized spacial score (nSPS) is 10.3. The Hall–Kier alpha value is -2.54. The van der Waals surface area contributed by atoms with Crippen molar-refractivity contribution in [1.29, 1.82) is 0 Å². The number of hydrogen-bond donors (Lipinski definition) is 1. The van der Waals surface area contributed by atoms with E-state index in [2.05, 4.69) is 15.6 Å². The largest absolute Gasteiger partial charge is 0.376 e. The molecule has 0 bridgehead atoms. The second-order valence-corrected chi connectivity index (χ2v) is 4.40. The first-order valence-corrected chi connectivity index (χ1v) is 6.42. The number of amides is 1. The summed E-state index contributed by atoms with van der Waals surface area (Å²) in [5.74, 6) is -0.505. The van der Waals surface area contributed by atoms with Crippen molar-refractivity contribution in [1.82, 2.24) is 20.3 Å². The molecule has 0 aliphatic rings. The Morgan fingerprint density at radius 1 is 1.29 bits per heavy atom. The summed E-state index contributed by atoms with van der Waals surface area (Å²) in [6, 6.07) is 9.56. The molecule has 0 spiro atoms. The van der Waals surface area contributed by atoms with Crippen molar-refractivity contribution >= 4 is 11.7 Å². The van der Waals surface area contributed by atoms with Gasteiger partial charge in [0.15, 0.2) is 0 Å². The summed E-state index contributed by atoms with van der Waals surface area (Å²) >= 11 is 0. The van der Waals surface area contributed by atoms with Crippen molar-refractivity contribution in [3.63, 3.8) is 0 Å². The molecule has 0 saturated heterocycles. The smallest absolute Gasteiger partial charge is 0.242 e. The third-order valence-corrected chi connectivity index (χ3v) is 2.80. The third kappa shape index (κ3) is 4.22. The maximum Gasteiger partial charge on any atom is 0.242 e. The number of ketones is 1. The fourth-order valence-corrected chi connectivity index (χ4v) is 1.78. The zero-order valence-corrected chi connectivity index (χ0v) is 11.7. The van der Waals surface area contributed by atoms with Gasteiger partial charge in [0.25, 0.3) is 0 Å². The van der Waals surface area contributed by atoms with Gasteiger partial charge in [0.2, 0.25) is 11.7 Å². The van der Waals surface area contributed by atoms with Crippen molar-refractivity contribution < 1.29 is 14.3 Å². The van der Waals surface area contributed by atoms with Gasteiger partial charge in [-0.3, -0.25) is 9.59 Å². The fourth-order valence-electron chi connectivity index (χ4n) is 1.78. The minimum Gasteiger partial charge on any atom is -0.376 e. The molecule has 2 rings (SSSR count). The zero-order valence-electron chi connectivity index (χ0n) is 11.7. The summed E-state index contributed by atoms with van der Waals surface area (Å²) in [7, 11) is 1.43. The van der Waals surface area contributed by atoms with E-state index in [9.17, 15) is 9.59 Å². The van der Waals surface area contributed by atoms with Crippen LogP contribution < -0.4 is 5.32 Å². The van der Waals surface area contributed by atoms with Crippen LogP contribution in [0, 0.1) is 0 Å². The molecule has 110 valence electrons. The molecular formula is C14H16N4O3. The molecule has 0 fully saturated rings. The van der Waals surface area contributed by atoms with E-state index in [4.69, 9.17) is 4.74 Å². The predicted octanol–water partition coefficient (Wildman–Crippen LogP) is 0.424. The quantitative estimate of drug-likeness (QED) is 0.746. The van der Waals surface area contributed by atoms with Crippen molar-refractivity contribution in [3.8, 4) is 0 Å². The number of aromatic nitrogens is 3. The van der Waals surface area contributed by atoms with E-state index in [0.29, 0.717) is 6.54 Å². The van der Waals surface area contributed by atoms with Crippen molar-refractivity contribution in [2.24, 2.45) is 0 Å². The highest BCUT2D eigenvalue weighted by atomic mass is 16.5. The SMILES string of the molecule is COCC(=O)c1cnnn1CC(=O)NCc1ccccc1. The maximum atomic E-state index is 11.9. The summed E-state index contributed by atoms with van der Waals surface area (Å²) in [4.78, 5) is 23.6. The van der Waals surface area contributed by atoms with Crippen LogP contribution in [0.2, 0.25) is 0 Å². The molecule has 0 saturated carbocycles. The van der Waals surface area contributed by atoms with Crippen LogP contribution in [0.5, 0.6) is 0 Å². The average molecular weight is 288 g/mol. The molecule has 7 nitrogen and oxygen atoms in total. The van der Waals surface area contributed by atoms with Crippen LogP contribution >= 0.6 is 0 Å². The van der Waals surface area contributed by atoms with Gasteiger partial charge in [-0.25, -0.2) is 4.68 Å². The Morgan fingerprint density at radius 3 is 2.76 bits per heavy atom. The molecule has 0 unspecified atom stereocenters. The molecule has 2 aromatic rings. The van der Waals surface area contributed by atoms with Gasteiger partial charge in [-0.2, -0.15) is 0 Å². The highest BCUT2D eigenvalue weighted by Crippen LogP contribution is 2.00. The third-order valence-electron chi connectivity index (χ3n) is 2.80. The summed E-state index contributed by atoms with van der Waals surface area (Å²) in [5.41, 5.74) is 1.26. The molecule has 1 N–H and O–H groups in total. The molecule has 0 atom stereocenters. The molecule has 1 amide bonds. The number of carbonyl (C=O) groups is 2. The van der Waals surface area contributed by atoms with Crippen LogP contribution in [-0.4, -0.2) is 40.4 Å².